The van der Waals surface area contributed by atoms with E-state index in [-0.39, 0.29) is 5.41 Å². The quantitative estimate of drug-likeness (QED) is 0.580. The second kappa shape index (κ2) is 6.15. The van der Waals surface area contributed by atoms with Crippen molar-refractivity contribution in [3.05, 3.63) is 29.3 Å². The van der Waals surface area contributed by atoms with Crippen LogP contribution in [0.25, 0.3) is 0 Å². The summed E-state index contributed by atoms with van der Waals surface area (Å²) < 4.78 is 10.1. The second-order valence-corrected chi connectivity index (χ2v) is 7.98. The van der Waals surface area contributed by atoms with Crippen molar-refractivity contribution in [1.82, 2.24) is 0 Å². The summed E-state index contributed by atoms with van der Waals surface area (Å²) in [4.78, 5) is 23.9. The van der Waals surface area contributed by atoms with Crippen LogP contribution in [0, 0.1) is 17.3 Å². The molecule has 134 valence electrons. The highest BCUT2D eigenvalue weighted by molar-refractivity contribution is 5.87. The van der Waals surface area contributed by atoms with Crippen molar-refractivity contribution in [3.63, 3.8) is 0 Å². The Morgan fingerprint density at radius 3 is 2.88 bits per heavy atom. The average molecular weight is 342 g/mol. The third kappa shape index (κ3) is 2.66. The van der Waals surface area contributed by atoms with E-state index in [1.165, 1.54) is 11.1 Å². The van der Waals surface area contributed by atoms with E-state index >= 15 is 0 Å². The molecule has 4 unspecified atom stereocenters. The van der Waals surface area contributed by atoms with Crippen LogP contribution in [0.4, 0.5) is 4.79 Å². The number of fused-ring (bicyclic) bond motifs is 5. The molecule has 0 spiro atoms. The molecular weight excluding hydrogens is 316 g/mol. The van der Waals surface area contributed by atoms with Gasteiger partial charge in [0.05, 0.1) is 6.61 Å². The van der Waals surface area contributed by atoms with Crippen LogP contribution in [0.3, 0.4) is 0 Å². The molecule has 0 heterocycles. The summed E-state index contributed by atoms with van der Waals surface area (Å²) in [5.41, 5.74) is 2.61. The number of hydrogen-bond acceptors (Lipinski definition) is 4. The number of ether oxygens (including phenoxy) is 2. The van der Waals surface area contributed by atoms with Crippen LogP contribution >= 0.6 is 0 Å². The zero-order chi connectivity index (χ0) is 17.6. The van der Waals surface area contributed by atoms with Gasteiger partial charge >= 0.3 is 6.16 Å². The fraction of sp³-hybridized carbons (Fsp3) is 0.619. The fourth-order valence-electron chi connectivity index (χ4n) is 5.64. The first-order valence-corrected chi connectivity index (χ1v) is 9.53. The molecule has 4 heteroatoms. The molecule has 2 fully saturated rings. The molecule has 3 aliphatic rings. The van der Waals surface area contributed by atoms with Gasteiger partial charge in [-0.3, -0.25) is 4.79 Å². The number of carbonyl (C=O) groups excluding carboxylic acids is 2. The lowest BCUT2D eigenvalue weighted by Gasteiger charge is -2.48. The highest BCUT2D eigenvalue weighted by Crippen LogP contribution is 2.59. The van der Waals surface area contributed by atoms with Crippen LogP contribution in [-0.4, -0.2) is 18.5 Å². The summed E-state index contributed by atoms with van der Waals surface area (Å²) in [5.74, 6) is 2.76. The predicted octanol–water partition coefficient (Wildman–Crippen LogP) is 4.65. The molecule has 0 radical (unpaired) electrons. The molecule has 1 aromatic rings. The minimum Gasteiger partial charge on any atom is -0.434 e. The molecule has 4 nitrogen and oxygen atoms in total. The molecule has 0 aromatic heterocycles. The Balaban J connectivity index is 1.57. The minimum absolute atomic E-state index is 0.0777. The number of benzene rings is 1. The van der Waals surface area contributed by atoms with Crippen LogP contribution in [0.1, 0.15) is 63.0 Å². The van der Waals surface area contributed by atoms with E-state index in [1.807, 2.05) is 12.1 Å². The third-order valence-electron chi connectivity index (χ3n) is 6.87. The van der Waals surface area contributed by atoms with Crippen molar-refractivity contribution in [2.45, 2.75) is 58.3 Å². The van der Waals surface area contributed by atoms with E-state index < -0.39 is 6.16 Å². The average Bonchev–Trinajstić information content (AvgIpc) is 2.90. The van der Waals surface area contributed by atoms with Crippen molar-refractivity contribution in [2.75, 3.05) is 6.61 Å². The highest BCUT2D eigenvalue weighted by atomic mass is 16.7. The molecule has 0 N–H and O–H groups in total. The van der Waals surface area contributed by atoms with Crippen LogP contribution in [0.5, 0.6) is 5.75 Å². The van der Waals surface area contributed by atoms with Gasteiger partial charge in [0, 0.05) is 11.8 Å². The van der Waals surface area contributed by atoms with Crippen molar-refractivity contribution >= 4 is 11.9 Å². The van der Waals surface area contributed by atoms with Crippen LogP contribution in [0.2, 0.25) is 0 Å². The Labute approximate surface area is 148 Å². The Morgan fingerprint density at radius 2 is 2.08 bits per heavy atom. The lowest BCUT2D eigenvalue weighted by Crippen LogP contribution is -2.42. The number of carbonyl (C=O) groups is 2. The maximum Gasteiger partial charge on any atom is 0.513 e. The summed E-state index contributed by atoms with van der Waals surface area (Å²) in [6.07, 6.45) is 5.42. The van der Waals surface area contributed by atoms with Gasteiger partial charge in [0.1, 0.15) is 11.5 Å². The number of rotatable bonds is 2. The molecule has 0 amide bonds. The van der Waals surface area contributed by atoms with E-state index in [1.54, 1.807) is 6.92 Å². The van der Waals surface area contributed by atoms with Gasteiger partial charge in [-0.25, -0.2) is 4.79 Å². The van der Waals surface area contributed by atoms with Gasteiger partial charge in [-0.1, -0.05) is 13.0 Å². The highest BCUT2D eigenvalue weighted by Gasteiger charge is 2.54. The van der Waals surface area contributed by atoms with E-state index in [4.69, 9.17) is 9.47 Å². The molecule has 0 bridgehead atoms. The summed E-state index contributed by atoms with van der Waals surface area (Å²) >= 11 is 0. The molecule has 1 aromatic carbocycles. The molecule has 0 saturated heterocycles. The first kappa shape index (κ1) is 16.6. The summed E-state index contributed by atoms with van der Waals surface area (Å²) in [6, 6.07) is 6.00. The van der Waals surface area contributed by atoms with Crippen molar-refractivity contribution in [1.29, 1.82) is 0 Å². The first-order chi connectivity index (χ1) is 12.0. The first-order valence-electron chi connectivity index (χ1n) is 9.53. The van der Waals surface area contributed by atoms with Crippen LogP contribution < -0.4 is 4.74 Å². The zero-order valence-corrected chi connectivity index (χ0v) is 15.0. The van der Waals surface area contributed by atoms with Gasteiger partial charge < -0.3 is 9.47 Å². The molecule has 25 heavy (non-hydrogen) atoms. The van der Waals surface area contributed by atoms with E-state index in [0.29, 0.717) is 35.9 Å². The number of Topliss-reactive ketones (excluding diaryl/α,β-unsaturated/α-hetero) is 1. The fourth-order valence-corrected chi connectivity index (χ4v) is 5.64. The van der Waals surface area contributed by atoms with Crippen molar-refractivity contribution in [2.24, 2.45) is 17.3 Å². The Bertz CT molecular complexity index is 710. The van der Waals surface area contributed by atoms with Crippen LogP contribution in [-0.2, 0) is 16.0 Å². The molecular formula is C21H26O4. The zero-order valence-electron chi connectivity index (χ0n) is 15.0. The summed E-state index contributed by atoms with van der Waals surface area (Å²) in [7, 11) is 0. The maximum atomic E-state index is 12.4. The van der Waals surface area contributed by atoms with E-state index in [9.17, 15) is 9.59 Å². The van der Waals surface area contributed by atoms with Gasteiger partial charge in [-0.05, 0) is 80.0 Å². The molecule has 2 saturated carbocycles. The van der Waals surface area contributed by atoms with Crippen LogP contribution in [0.15, 0.2) is 18.2 Å². The monoisotopic (exact) mass is 342 g/mol. The lowest BCUT2D eigenvalue weighted by atomic mass is 9.55. The van der Waals surface area contributed by atoms with Gasteiger partial charge in [0.2, 0.25) is 0 Å². The minimum atomic E-state index is -0.644. The van der Waals surface area contributed by atoms with Crippen molar-refractivity contribution < 1.29 is 19.1 Å². The predicted molar refractivity (Wildman–Crippen MR) is 93.7 cm³/mol. The Kier molecular flexibility index (Phi) is 4.09. The Morgan fingerprint density at radius 1 is 1.24 bits per heavy atom. The normalized spacial score (nSPS) is 33.2. The van der Waals surface area contributed by atoms with Gasteiger partial charge in [0.25, 0.3) is 0 Å². The van der Waals surface area contributed by atoms with E-state index in [2.05, 4.69) is 13.0 Å². The summed E-state index contributed by atoms with van der Waals surface area (Å²) in [6.45, 7) is 4.28. The number of ketones is 1. The van der Waals surface area contributed by atoms with Gasteiger partial charge in [-0.15, -0.1) is 0 Å². The van der Waals surface area contributed by atoms with Crippen molar-refractivity contribution in [3.8, 4) is 5.75 Å². The molecule has 4 rings (SSSR count). The number of aryl methyl sites for hydroxylation is 1. The summed E-state index contributed by atoms with van der Waals surface area (Å²) in [5, 5.41) is 0. The lowest BCUT2D eigenvalue weighted by molar-refractivity contribution is -0.129. The molecule has 3 aliphatic carbocycles. The van der Waals surface area contributed by atoms with E-state index in [0.717, 1.165) is 38.5 Å². The Hall–Kier alpha value is -1.84. The molecule has 4 atom stereocenters. The second-order valence-electron chi connectivity index (χ2n) is 7.98. The smallest absolute Gasteiger partial charge is 0.434 e. The standard InChI is InChI=1S/C21H26O4/c1-3-24-20(23)25-14-5-7-15-13(12-14)4-6-17-16(15)10-11-21(2)18(17)8-9-19(21)22/h5,7,12,16-18H,3-4,6,8-11H2,1-2H3. The maximum absolute atomic E-state index is 12.4. The molecule has 0 aliphatic heterocycles. The largest absolute Gasteiger partial charge is 0.513 e. The SMILES string of the molecule is CCOC(=O)Oc1ccc2c(c1)CCC1C2CCC2(C)C(=O)CCC12. The third-order valence-corrected chi connectivity index (χ3v) is 6.87. The topological polar surface area (TPSA) is 52.6 Å². The van der Waals surface area contributed by atoms with Gasteiger partial charge in [0.15, 0.2) is 0 Å². The van der Waals surface area contributed by atoms with Gasteiger partial charge in [-0.2, -0.15) is 0 Å². The number of hydrogen-bond donors (Lipinski definition) is 0.